The molecule has 0 aromatic heterocycles. The largest absolute Gasteiger partial charge is 0.341 e. The number of carbonyl (C=O) groups is 1. The van der Waals surface area contributed by atoms with E-state index in [0.717, 1.165) is 32.1 Å². The molecule has 2 fully saturated rings. The molecule has 5 nitrogen and oxygen atoms in total. The second kappa shape index (κ2) is 8.17. The van der Waals surface area contributed by atoms with Crippen LogP contribution in [0.25, 0.3) is 0 Å². The van der Waals surface area contributed by atoms with Gasteiger partial charge in [0, 0.05) is 19.1 Å². The van der Waals surface area contributed by atoms with E-state index in [1.54, 1.807) is 4.90 Å². The Labute approximate surface area is 147 Å². The number of nitrogens with zero attached hydrogens (tertiary/aromatic N) is 1. The fourth-order valence-electron chi connectivity index (χ4n) is 4.23. The summed E-state index contributed by atoms with van der Waals surface area (Å²) in [5.41, 5.74) is 6.01. The van der Waals surface area contributed by atoms with E-state index in [1.165, 1.54) is 0 Å². The predicted molar refractivity (Wildman–Crippen MR) is 97.4 cm³/mol. The third-order valence-corrected chi connectivity index (χ3v) is 8.59. The standard InChI is InChI=1S/C18H34N2O3S/c1-13(2)17(24(22,23)16-9-5-4-6-10-16)18(21)20-11-7-8-15(12-20)14(3)19/h13-17H,4-12,19H2,1-3H3. The van der Waals surface area contributed by atoms with Gasteiger partial charge >= 0.3 is 0 Å². The first-order valence-corrected chi connectivity index (χ1v) is 11.1. The topological polar surface area (TPSA) is 80.5 Å². The van der Waals surface area contributed by atoms with E-state index < -0.39 is 15.1 Å². The molecule has 6 heteroatoms. The van der Waals surface area contributed by atoms with E-state index in [1.807, 2.05) is 20.8 Å². The summed E-state index contributed by atoms with van der Waals surface area (Å²) >= 11 is 0. The molecule has 0 bridgehead atoms. The molecule has 1 heterocycles. The third-order valence-electron chi connectivity index (χ3n) is 5.73. The van der Waals surface area contributed by atoms with Gasteiger partial charge in [0.2, 0.25) is 5.91 Å². The molecule has 1 aliphatic carbocycles. The Morgan fingerprint density at radius 3 is 2.21 bits per heavy atom. The maximum atomic E-state index is 13.2. The Hall–Kier alpha value is -0.620. The van der Waals surface area contributed by atoms with Crippen LogP contribution < -0.4 is 5.73 Å². The average Bonchev–Trinajstić information content (AvgIpc) is 2.55. The second-order valence-corrected chi connectivity index (χ2v) is 10.4. The smallest absolute Gasteiger partial charge is 0.241 e. The van der Waals surface area contributed by atoms with Crippen molar-refractivity contribution in [2.45, 2.75) is 82.3 Å². The highest BCUT2D eigenvalue weighted by Crippen LogP contribution is 2.31. The first-order valence-electron chi connectivity index (χ1n) is 9.52. The number of sulfone groups is 1. The zero-order valence-corrected chi connectivity index (χ0v) is 16.2. The highest BCUT2D eigenvalue weighted by Gasteiger charge is 2.43. The van der Waals surface area contributed by atoms with Crippen LogP contribution in [-0.4, -0.2) is 48.9 Å². The minimum absolute atomic E-state index is 0.0352. The zero-order valence-electron chi connectivity index (χ0n) is 15.4. The molecule has 2 rings (SSSR count). The van der Waals surface area contributed by atoms with Crippen molar-refractivity contribution in [1.29, 1.82) is 0 Å². The quantitative estimate of drug-likeness (QED) is 0.818. The van der Waals surface area contributed by atoms with Gasteiger partial charge in [-0.05, 0) is 44.4 Å². The highest BCUT2D eigenvalue weighted by atomic mass is 32.2. The van der Waals surface area contributed by atoms with Crippen molar-refractivity contribution in [3.63, 3.8) is 0 Å². The number of nitrogens with two attached hydrogens (primary N) is 1. The lowest BCUT2D eigenvalue weighted by Gasteiger charge is -2.38. The van der Waals surface area contributed by atoms with Crippen LogP contribution in [0.2, 0.25) is 0 Å². The summed E-state index contributed by atoms with van der Waals surface area (Å²) in [6, 6.07) is 0.0352. The number of carbonyl (C=O) groups excluding carboxylic acids is 1. The van der Waals surface area contributed by atoms with Gasteiger partial charge in [-0.25, -0.2) is 8.42 Å². The Morgan fingerprint density at radius 2 is 1.67 bits per heavy atom. The molecule has 24 heavy (non-hydrogen) atoms. The van der Waals surface area contributed by atoms with E-state index in [4.69, 9.17) is 5.73 Å². The summed E-state index contributed by atoms with van der Waals surface area (Å²) in [5, 5.41) is -1.23. The van der Waals surface area contributed by atoms with Crippen LogP contribution in [0.15, 0.2) is 0 Å². The second-order valence-electron chi connectivity index (χ2n) is 8.06. The lowest BCUT2D eigenvalue weighted by atomic mass is 9.91. The molecule has 0 spiro atoms. The monoisotopic (exact) mass is 358 g/mol. The van der Waals surface area contributed by atoms with Crippen LogP contribution in [0.5, 0.6) is 0 Å². The molecule has 2 N–H and O–H groups in total. The molecule has 1 amide bonds. The minimum Gasteiger partial charge on any atom is -0.341 e. The first kappa shape index (κ1) is 19.7. The van der Waals surface area contributed by atoms with Crippen LogP contribution in [0.3, 0.4) is 0 Å². The van der Waals surface area contributed by atoms with Gasteiger partial charge in [0.15, 0.2) is 9.84 Å². The lowest BCUT2D eigenvalue weighted by Crippen LogP contribution is -2.53. The van der Waals surface area contributed by atoms with Gasteiger partial charge in [-0.15, -0.1) is 0 Å². The van der Waals surface area contributed by atoms with Crippen molar-refractivity contribution >= 4 is 15.7 Å². The first-order chi connectivity index (χ1) is 11.2. The van der Waals surface area contributed by atoms with Crippen LogP contribution in [-0.2, 0) is 14.6 Å². The van der Waals surface area contributed by atoms with Gasteiger partial charge in [-0.3, -0.25) is 4.79 Å². The van der Waals surface area contributed by atoms with Gasteiger partial charge in [-0.1, -0.05) is 33.1 Å². The molecule has 1 aliphatic heterocycles. The van der Waals surface area contributed by atoms with Gasteiger partial charge < -0.3 is 10.6 Å². The maximum Gasteiger partial charge on any atom is 0.241 e. The van der Waals surface area contributed by atoms with Crippen molar-refractivity contribution in [2.75, 3.05) is 13.1 Å². The van der Waals surface area contributed by atoms with Gasteiger partial charge in [0.1, 0.15) is 5.25 Å². The van der Waals surface area contributed by atoms with Crippen molar-refractivity contribution in [3.8, 4) is 0 Å². The highest BCUT2D eigenvalue weighted by molar-refractivity contribution is 7.93. The summed E-state index contributed by atoms with van der Waals surface area (Å²) in [7, 11) is -3.43. The fourth-order valence-corrected chi connectivity index (χ4v) is 6.82. The summed E-state index contributed by atoms with van der Waals surface area (Å²) in [6.45, 7) is 6.94. The van der Waals surface area contributed by atoms with Crippen LogP contribution in [0.1, 0.15) is 65.7 Å². The number of rotatable bonds is 5. The van der Waals surface area contributed by atoms with Crippen molar-refractivity contribution in [2.24, 2.45) is 17.6 Å². The number of hydrogen-bond donors (Lipinski definition) is 1. The molecular weight excluding hydrogens is 324 g/mol. The van der Waals surface area contributed by atoms with E-state index in [9.17, 15) is 13.2 Å². The zero-order chi connectivity index (χ0) is 17.9. The van der Waals surface area contributed by atoms with E-state index >= 15 is 0 Å². The SMILES string of the molecule is CC(C)C(C(=O)N1CCCC(C(C)N)C1)S(=O)(=O)C1CCCCC1. The molecule has 1 saturated heterocycles. The van der Waals surface area contributed by atoms with E-state index in [0.29, 0.717) is 25.9 Å². The Kier molecular flexibility index (Phi) is 6.71. The van der Waals surface area contributed by atoms with Crippen LogP contribution in [0, 0.1) is 11.8 Å². The van der Waals surface area contributed by atoms with Gasteiger partial charge in [0.25, 0.3) is 0 Å². The molecule has 2 aliphatic rings. The number of likely N-dealkylation sites (tertiary alicyclic amines) is 1. The predicted octanol–water partition coefficient (Wildman–Crippen LogP) is 2.34. The molecule has 1 saturated carbocycles. The Balaban J connectivity index is 2.18. The molecule has 3 unspecified atom stereocenters. The van der Waals surface area contributed by atoms with Gasteiger partial charge in [-0.2, -0.15) is 0 Å². The minimum atomic E-state index is -3.43. The van der Waals surface area contributed by atoms with Crippen LogP contribution in [0.4, 0.5) is 0 Å². The van der Waals surface area contributed by atoms with Crippen molar-refractivity contribution in [3.05, 3.63) is 0 Å². The molecular formula is C18H34N2O3S. The maximum absolute atomic E-state index is 13.2. The molecule has 140 valence electrons. The molecule has 0 aromatic carbocycles. The summed E-state index contributed by atoms with van der Waals surface area (Å²) < 4.78 is 26.3. The lowest BCUT2D eigenvalue weighted by molar-refractivity contribution is -0.133. The number of hydrogen-bond acceptors (Lipinski definition) is 4. The molecule has 0 aromatic rings. The number of amides is 1. The van der Waals surface area contributed by atoms with E-state index in [2.05, 4.69) is 0 Å². The molecule has 0 radical (unpaired) electrons. The summed E-state index contributed by atoms with van der Waals surface area (Å²) in [6.07, 6.45) is 6.37. The van der Waals surface area contributed by atoms with Crippen molar-refractivity contribution < 1.29 is 13.2 Å². The fraction of sp³-hybridized carbons (Fsp3) is 0.944. The Morgan fingerprint density at radius 1 is 1.04 bits per heavy atom. The van der Waals surface area contributed by atoms with Gasteiger partial charge in [0.05, 0.1) is 5.25 Å². The average molecular weight is 359 g/mol. The molecule has 3 atom stereocenters. The normalized spacial score (nSPS) is 26.4. The van der Waals surface area contributed by atoms with Crippen LogP contribution >= 0.6 is 0 Å². The summed E-state index contributed by atoms with van der Waals surface area (Å²) in [4.78, 5) is 14.9. The van der Waals surface area contributed by atoms with Crippen molar-refractivity contribution in [1.82, 2.24) is 4.90 Å². The third kappa shape index (κ3) is 4.31. The summed E-state index contributed by atoms with van der Waals surface area (Å²) in [5.74, 6) is -0.117. The Bertz CT molecular complexity index is 524. The number of piperidine rings is 1. The van der Waals surface area contributed by atoms with E-state index in [-0.39, 0.29) is 29.0 Å².